The van der Waals surface area contributed by atoms with Gasteiger partial charge in [0.2, 0.25) is 0 Å². The smallest absolute Gasteiger partial charge is 0.357 e. The van der Waals surface area contributed by atoms with Gasteiger partial charge in [0.15, 0.2) is 17.4 Å². The van der Waals surface area contributed by atoms with Gasteiger partial charge in [-0.2, -0.15) is 0 Å². The van der Waals surface area contributed by atoms with Crippen LogP contribution in [-0.4, -0.2) is 30.9 Å². The average Bonchev–Trinajstić information content (AvgIpc) is 3.19. The van der Waals surface area contributed by atoms with Gasteiger partial charge in [-0.15, -0.1) is 0 Å². The Hall–Kier alpha value is -2.74. The van der Waals surface area contributed by atoms with Crippen LogP contribution in [0, 0.1) is 0 Å². The number of carbonyl (C=O) groups excluding carboxylic acids is 1. The molecule has 0 spiro atoms. The number of aromatic nitrogens is 5. The number of imidazole rings is 1. The number of aromatic amines is 2. The molecule has 0 saturated carbocycles. The number of hydrogen-bond acceptors (Lipinski definition) is 5. The minimum atomic E-state index is -0.549. The molecule has 4 rings (SSSR count). The predicted molar refractivity (Wildman–Crippen MR) is 91.5 cm³/mol. The zero-order valence-corrected chi connectivity index (χ0v) is 14.2. The highest BCUT2D eigenvalue weighted by molar-refractivity contribution is 9.10. The number of ether oxygens (including phenoxy) is 1. The lowest BCUT2D eigenvalue weighted by atomic mass is 10.3. The summed E-state index contributed by atoms with van der Waals surface area (Å²) >= 11 is 3.36. The van der Waals surface area contributed by atoms with Gasteiger partial charge in [-0.1, -0.05) is 0 Å². The van der Waals surface area contributed by atoms with Crippen LogP contribution in [0.5, 0.6) is 0 Å². The van der Waals surface area contributed by atoms with E-state index in [1.165, 1.54) is 0 Å². The molecule has 0 amide bonds. The number of hydrogen-bond donors (Lipinski definition) is 2. The second-order valence-electron chi connectivity index (χ2n) is 5.31. The Kier molecular flexibility index (Phi) is 3.53. The molecule has 8 heteroatoms. The van der Waals surface area contributed by atoms with Crippen LogP contribution in [-0.2, 0) is 4.74 Å². The third kappa shape index (κ3) is 2.65. The fourth-order valence-corrected chi connectivity index (χ4v) is 2.74. The second kappa shape index (κ2) is 5.72. The topological polar surface area (TPSA) is 96.6 Å². The summed E-state index contributed by atoms with van der Waals surface area (Å²) in [5.74, 6) is 0.0264. The van der Waals surface area contributed by atoms with Crippen molar-refractivity contribution in [1.29, 1.82) is 0 Å². The molecule has 4 aromatic heterocycles. The summed E-state index contributed by atoms with van der Waals surface area (Å²) in [5, 5.41) is 0.938. The largest absolute Gasteiger partial charge is 0.450 e. The van der Waals surface area contributed by atoms with E-state index >= 15 is 0 Å². The molecule has 0 aromatic carbocycles. The van der Waals surface area contributed by atoms with Crippen LogP contribution in [0.15, 0.2) is 41.1 Å². The van der Waals surface area contributed by atoms with Crippen molar-refractivity contribution in [1.82, 2.24) is 24.9 Å². The average molecular weight is 386 g/mol. The molecule has 0 fully saturated rings. The molecular weight excluding hydrogens is 374 g/mol. The van der Waals surface area contributed by atoms with Gasteiger partial charge in [-0.05, 0) is 47.1 Å². The Morgan fingerprint density at radius 3 is 3.04 bits per heavy atom. The number of fused-ring (bicyclic) bond motifs is 2. The third-order valence-electron chi connectivity index (χ3n) is 3.61. The highest BCUT2D eigenvalue weighted by atomic mass is 79.9. The summed E-state index contributed by atoms with van der Waals surface area (Å²) < 4.78 is 6.30. The Morgan fingerprint density at radius 1 is 1.29 bits per heavy atom. The molecule has 1 atom stereocenters. The fraction of sp³-hybridized carbons (Fsp3) is 0.125. The number of esters is 1. The second-order valence-corrected chi connectivity index (χ2v) is 6.22. The quantitative estimate of drug-likeness (QED) is 0.526. The molecule has 7 nitrogen and oxygen atoms in total. The van der Waals surface area contributed by atoms with Gasteiger partial charge < -0.3 is 14.7 Å². The summed E-state index contributed by atoms with van der Waals surface area (Å²) in [6.07, 6.45) is 2.89. The van der Waals surface area contributed by atoms with Crippen molar-refractivity contribution in [3.8, 4) is 0 Å². The van der Waals surface area contributed by atoms with Gasteiger partial charge in [0.05, 0.1) is 5.52 Å². The minimum Gasteiger partial charge on any atom is -0.450 e. The van der Waals surface area contributed by atoms with Crippen LogP contribution < -0.4 is 0 Å². The van der Waals surface area contributed by atoms with Crippen LogP contribution in [0.3, 0.4) is 0 Å². The molecule has 4 heterocycles. The molecule has 0 bridgehead atoms. The fourth-order valence-electron chi connectivity index (χ4n) is 2.41. The van der Waals surface area contributed by atoms with Gasteiger partial charge in [0.1, 0.15) is 11.5 Å². The van der Waals surface area contributed by atoms with Crippen LogP contribution in [0.2, 0.25) is 0 Å². The number of carbonyl (C=O) groups is 1. The highest BCUT2D eigenvalue weighted by Crippen LogP contribution is 2.21. The van der Waals surface area contributed by atoms with Gasteiger partial charge >= 0.3 is 5.97 Å². The van der Waals surface area contributed by atoms with Crippen molar-refractivity contribution < 1.29 is 9.53 Å². The van der Waals surface area contributed by atoms with E-state index in [4.69, 9.17) is 4.74 Å². The zero-order valence-electron chi connectivity index (χ0n) is 12.6. The minimum absolute atomic E-state index is 0.244. The van der Waals surface area contributed by atoms with Gasteiger partial charge in [-0.25, -0.2) is 19.7 Å². The van der Waals surface area contributed by atoms with Crippen molar-refractivity contribution in [3.63, 3.8) is 0 Å². The van der Waals surface area contributed by atoms with Crippen molar-refractivity contribution in [2.75, 3.05) is 0 Å². The number of rotatable bonds is 3. The first-order chi connectivity index (χ1) is 11.6. The third-order valence-corrected chi connectivity index (χ3v) is 4.04. The highest BCUT2D eigenvalue weighted by Gasteiger charge is 2.18. The van der Waals surface area contributed by atoms with Crippen molar-refractivity contribution in [2.24, 2.45) is 0 Å². The summed E-state index contributed by atoms with van der Waals surface area (Å²) in [4.78, 5) is 31.2. The molecule has 2 N–H and O–H groups in total. The lowest BCUT2D eigenvalue weighted by Gasteiger charge is -2.10. The van der Waals surface area contributed by atoms with Crippen molar-refractivity contribution in [2.45, 2.75) is 13.0 Å². The summed E-state index contributed by atoms with van der Waals surface area (Å²) in [6, 6.07) is 7.22. The van der Waals surface area contributed by atoms with Gasteiger partial charge in [0.25, 0.3) is 0 Å². The molecule has 4 aromatic rings. The molecule has 0 unspecified atom stereocenters. The van der Waals surface area contributed by atoms with Crippen LogP contribution in [0.1, 0.15) is 29.3 Å². The molecule has 120 valence electrons. The normalized spacial score (nSPS) is 12.6. The van der Waals surface area contributed by atoms with Gasteiger partial charge in [0, 0.05) is 22.3 Å². The lowest BCUT2D eigenvalue weighted by molar-refractivity contribution is 0.0315. The van der Waals surface area contributed by atoms with Crippen LogP contribution in [0.25, 0.3) is 22.2 Å². The Bertz CT molecular complexity index is 1050. The van der Waals surface area contributed by atoms with E-state index in [1.807, 2.05) is 18.2 Å². The first-order valence-corrected chi connectivity index (χ1v) is 8.06. The molecule has 0 aliphatic carbocycles. The van der Waals surface area contributed by atoms with E-state index in [1.54, 1.807) is 25.4 Å². The standard InChI is InChI=1S/C16H12BrN5O2/c1-8(13-21-12-6-10(17)7-19-15(12)22-13)24-16(23)11-3-2-9-4-5-18-14(9)20-11/h2-8H,1H3,(H,18,20)(H,19,21,22)/t8-/m1/s1. The predicted octanol–water partition coefficient (Wildman–Crippen LogP) is 3.51. The number of halogens is 1. The maximum atomic E-state index is 12.3. The maximum absolute atomic E-state index is 12.3. The number of H-pyrrole nitrogens is 2. The number of pyridine rings is 2. The number of nitrogens with one attached hydrogen (secondary N) is 2. The molecule has 0 radical (unpaired) electrons. The summed E-state index contributed by atoms with van der Waals surface area (Å²) in [7, 11) is 0. The Labute approximate surface area is 144 Å². The molecule has 0 aliphatic rings. The molecule has 24 heavy (non-hydrogen) atoms. The van der Waals surface area contributed by atoms with Crippen LogP contribution >= 0.6 is 15.9 Å². The van der Waals surface area contributed by atoms with Crippen LogP contribution in [0.4, 0.5) is 0 Å². The van der Waals surface area contributed by atoms with Crippen molar-refractivity contribution >= 4 is 44.1 Å². The molecule has 0 saturated heterocycles. The maximum Gasteiger partial charge on any atom is 0.357 e. The van der Waals surface area contributed by atoms with E-state index in [2.05, 4.69) is 40.8 Å². The lowest BCUT2D eigenvalue weighted by Crippen LogP contribution is -2.11. The van der Waals surface area contributed by atoms with Gasteiger partial charge in [-0.3, -0.25) is 0 Å². The SMILES string of the molecule is C[C@@H](OC(=O)c1ccc2cc[nH]c2n1)c1nc2ncc(Br)cc2[nH]1. The zero-order chi connectivity index (χ0) is 16.7. The first kappa shape index (κ1) is 14.8. The van der Waals surface area contributed by atoms with E-state index in [-0.39, 0.29) is 5.69 Å². The van der Waals surface area contributed by atoms with E-state index in [9.17, 15) is 4.79 Å². The monoisotopic (exact) mass is 385 g/mol. The molecular formula is C16H12BrN5O2. The van der Waals surface area contributed by atoms with E-state index in [0.29, 0.717) is 17.1 Å². The Morgan fingerprint density at radius 2 is 2.17 bits per heavy atom. The first-order valence-electron chi connectivity index (χ1n) is 7.26. The Balaban J connectivity index is 1.57. The van der Waals surface area contributed by atoms with Crippen molar-refractivity contribution in [3.05, 3.63) is 52.7 Å². The summed E-state index contributed by atoms with van der Waals surface area (Å²) in [5.41, 5.74) is 2.24. The molecule has 0 aliphatic heterocycles. The van der Waals surface area contributed by atoms with E-state index in [0.717, 1.165) is 15.4 Å². The van der Waals surface area contributed by atoms with E-state index < -0.39 is 12.1 Å². The summed E-state index contributed by atoms with van der Waals surface area (Å²) in [6.45, 7) is 1.75. The number of nitrogens with zero attached hydrogens (tertiary/aromatic N) is 3.